The van der Waals surface area contributed by atoms with E-state index in [9.17, 15) is 9.59 Å². The number of carboxylic acid groups (broad SMARTS) is 2. The summed E-state index contributed by atoms with van der Waals surface area (Å²) in [6.07, 6.45) is 0.0461. The predicted octanol–water partition coefficient (Wildman–Crippen LogP) is 0.892. The summed E-state index contributed by atoms with van der Waals surface area (Å²) in [5, 5.41) is 17.3. The number of aliphatic carboxylic acids is 2. The van der Waals surface area contributed by atoms with E-state index >= 15 is 0 Å². The van der Waals surface area contributed by atoms with Gasteiger partial charge in [-0.15, -0.1) is 0 Å². The number of nitrogens with zero attached hydrogens (tertiary/aromatic N) is 1. The molecular formula is C10H19NO4. The highest BCUT2D eigenvalue weighted by Crippen LogP contribution is 2.05. The van der Waals surface area contributed by atoms with Crippen molar-refractivity contribution in [2.75, 3.05) is 13.1 Å². The Labute approximate surface area is 89.7 Å². The first-order valence-electron chi connectivity index (χ1n) is 5.03. The number of hydrogen-bond donors (Lipinski definition) is 2. The molecule has 1 atom stereocenters. The first-order chi connectivity index (χ1) is 6.84. The highest BCUT2D eigenvalue weighted by Gasteiger charge is 2.18. The number of hydrogen-bond acceptors (Lipinski definition) is 3. The molecule has 0 bridgehead atoms. The van der Waals surface area contributed by atoms with Gasteiger partial charge in [-0.3, -0.25) is 14.5 Å². The lowest BCUT2D eigenvalue weighted by molar-refractivity contribution is -0.141. The molecule has 0 aliphatic carbocycles. The van der Waals surface area contributed by atoms with Gasteiger partial charge in [0.15, 0.2) is 0 Å². The van der Waals surface area contributed by atoms with Crippen LogP contribution in [0.5, 0.6) is 0 Å². The van der Waals surface area contributed by atoms with Crippen molar-refractivity contribution in [1.29, 1.82) is 0 Å². The van der Waals surface area contributed by atoms with Crippen LogP contribution >= 0.6 is 0 Å². The van der Waals surface area contributed by atoms with Crippen LogP contribution in [0.3, 0.4) is 0 Å². The molecule has 15 heavy (non-hydrogen) atoms. The van der Waals surface area contributed by atoms with Crippen LogP contribution in [-0.4, -0.2) is 46.2 Å². The van der Waals surface area contributed by atoms with Crippen molar-refractivity contribution in [2.24, 2.45) is 5.92 Å². The van der Waals surface area contributed by atoms with Crippen molar-refractivity contribution in [2.45, 2.75) is 33.2 Å². The van der Waals surface area contributed by atoms with Gasteiger partial charge in [0.25, 0.3) is 0 Å². The van der Waals surface area contributed by atoms with Crippen LogP contribution < -0.4 is 0 Å². The Morgan fingerprint density at radius 2 is 1.73 bits per heavy atom. The summed E-state index contributed by atoms with van der Waals surface area (Å²) in [4.78, 5) is 22.9. The summed E-state index contributed by atoms with van der Waals surface area (Å²) in [6.45, 7) is 6.26. The zero-order chi connectivity index (χ0) is 12.0. The minimum atomic E-state index is -0.858. The summed E-state index contributed by atoms with van der Waals surface area (Å²) < 4.78 is 0. The van der Waals surface area contributed by atoms with Crippen molar-refractivity contribution in [3.05, 3.63) is 0 Å². The van der Waals surface area contributed by atoms with Crippen LogP contribution in [0.1, 0.15) is 27.2 Å². The van der Waals surface area contributed by atoms with Crippen LogP contribution in [0.2, 0.25) is 0 Å². The molecule has 0 fully saturated rings. The molecule has 0 aromatic heterocycles. The third kappa shape index (κ3) is 6.06. The largest absolute Gasteiger partial charge is 0.481 e. The molecule has 0 aromatic carbocycles. The minimum Gasteiger partial charge on any atom is -0.481 e. The van der Waals surface area contributed by atoms with Gasteiger partial charge in [0.2, 0.25) is 0 Å². The Morgan fingerprint density at radius 3 is 2.07 bits per heavy atom. The van der Waals surface area contributed by atoms with Gasteiger partial charge in [0, 0.05) is 19.1 Å². The molecule has 5 heteroatoms. The highest BCUT2D eigenvalue weighted by atomic mass is 16.4. The van der Waals surface area contributed by atoms with Crippen molar-refractivity contribution < 1.29 is 19.8 Å². The van der Waals surface area contributed by atoms with Crippen molar-refractivity contribution in [1.82, 2.24) is 4.90 Å². The summed E-state index contributed by atoms with van der Waals surface area (Å²) >= 11 is 0. The van der Waals surface area contributed by atoms with E-state index in [0.29, 0.717) is 13.1 Å². The van der Waals surface area contributed by atoms with Crippen LogP contribution in [0, 0.1) is 5.92 Å². The molecule has 0 spiro atoms. The summed E-state index contributed by atoms with van der Waals surface area (Å²) in [6, 6.07) is 0.158. The Hall–Kier alpha value is -1.10. The normalized spacial score (nSPS) is 13.1. The molecular weight excluding hydrogens is 198 g/mol. The third-order valence-corrected chi connectivity index (χ3v) is 2.27. The average molecular weight is 217 g/mol. The number of carboxylic acids is 2. The lowest BCUT2D eigenvalue weighted by atomic mass is 10.1. The van der Waals surface area contributed by atoms with Crippen LogP contribution in [0.4, 0.5) is 0 Å². The Kier molecular flexibility index (Phi) is 5.93. The molecule has 5 nitrogen and oxygen atoms in total. The monoisotopic (exact) mass is 217 g/mol. The second kappa shape index (κ2) is 6.40. The van der Waals surface area contributed by atoms with Gasteiger partial charge < -0.3 is 10.2 Å². The van der Waals surface area contributed by atoms with E-state index in [-0.39, 0.29) is 12.5 Å². The maximum atomic E-state index is 10.7. The van der Waals surface area contributed by atoms with E-state index in [1.165, 1.54) is 0 Å². The lowest BCUT2D eigenvalue weighted by Gasteiger charge is -2.27. The molecule has 0 amide bonds. The standard InChI is InChI=1S/C10H19NO4/c1-7(2)11(5-4-9(12)13)6-8(3)10(14)15/h7-8H,4-6H2,1-3H3,(H,12,13)(H,14,15). The zero-order valence-corrected chi connectivity index (χ0v) is 9.43. The molecule has 1 unspecified atom stereocenters. The Bertz CT molecular complexity index is 227. The van der Waals surface area contributed by atoms with Gasteiger partial charge in [-0.2, -0.15) is 0 Å². The number of rotatable bonds is 7. The molecule has 0 saturated carbocycles. The van der Waals surface area contributed by atoms with Crippen LogP contribution in [0.25, 0.3) is 0 Å². The first-order valence-corrected chi connectivity index (χ1v) is 5.03. The second-order valence-electron chi connectivity index (χ2n) is 3.97. The maximum absolute atomic E-state index is 10.7. The lowest BCUT2D eigenvalue weighted by Crippen LogP contribution is -2.38. The van der Waals surface area contributed by atoms with E-state index in [1.54, 1.807) is 6.92 Å². The van der Waals surface area contributed by atoms with Crippen molar-refractivity contribution >= 4 is 11.9 Å². The molecule has 0 aliphatic rings. The van der Waals surface area contributed by atoms with E-state index in [2.05, 4.69) is 0 Å². The molecule has 88 valence electrons. The zero-order valence-electron chi connectivity index (χ0n) is 9.43. The molecule has 0 heterocycles. The average Bonchev–Trinajstić information content (AvgIpc) is 2.10. The van der Waals surface area contributed by atoms with E-state index in [4.69, 9.17) is 10.2 Å². The summed E-state index contributed by atoms with van der Waals surface area (Å²) in [5.41, 5.74) is 0. The van der Waals surface area contributed by atoms with E-state index in [1.807, 2.05) is 18.7 Å². The smallest absolute Gasteiger partial charge is 0.307 e. The molecule has 0 rings (SSSR count). The fourth-order valence-electron chi connectivity index (χ4n) is 1.23. The highest BCUT2D eigenvalue weighted by molar-refractivity contribution is 5.69. The summed E-state index contributed by atoms with van der Waals surface area (Å²) in [5.74, 6) is -2.18. The topological polar surface area (TPSA) is 77.8 Å². The Balaban J connectivity index is 4.15. The van der Waals surface area contributed by atoms with Crippen LogP contribution in [-0.2, 0) is 9.59 Å². The van der Waals surface area contributed by atoms with Gasteiger partial charge in [-0.1, -0.05) is 6.92 Å². The number of carbonyl (C=O) groups is 2. The second-order valence-corrected chi connectivity index (χ2v) is 3.97. The van der Waals surface area contributed by atoms with E-state index < -0.39 is 17.9 Å². The predicted molar refractivity (Wildman–Crippen MR) is 55.8 cm³/mol. The third-order valence-electron chi connectivity index (χ3n) is 2.27. The fourth-order valence-corrected chi connectivity index (χ4v) is 1.23. The molecule has 0 radical (unpaired) electrons. The first kappa shape index (κ1) is 13.9. The maximum Gasteiger partial charge on any atom is 0.307 e. The van der Waals surface area contributed by atoms with Gasteiger partial charge in [0.1, 0.15) is 0 Å². The van der Waals surface area contributed by atoms with E-state index in [0.717, 1.165) is 0 Å². The van der Waals surface area contributed by atoms with Gasteiger partial charge in [-0.25, -0.2) is 0 Å². The molecule has 0 saturated heterocycles. The van der Waals surface area contributed by atoms with Crippen molar-refractivity contribution in [3.63, 3.8) is 0 Å². The van der Waals surface area contributed by atoms with Crippen molar-refractivity contribution in [3.8, 4) is 0 Å². The minimum absolute atomic E-state index is 0.0461. The quantitative estimate of drug-likeness (QED) is 0.662. The Morgan fingerprint density at radius 1 is 1.20 bits per heavy atom. The van der Waals surface area contributed by atoms with Gasteiger partial charge >= 0.3 is 11.9 Å². The summed E-state index contributed by atoms with van der Waals surface area (Å²) in [7, 11) is 0. The van der Waals surface area contributed by atoms with Gasteiger partial charge in [0.05, 0.1) is 12.3 Å². The SMILES string of the molecule is CC(CN(CCC(=O)O)C(C)C)C(=O)O. The molecule has 0 aliphatic heterocycles. The fraction of sp³-hybridized carbons (Fsp3) is 0.800. The van der Waals surface area contributed by atoms with Crippen LogP contribution in [0.15, 0.2) is 0 Å². The molecule has 0 aromatic rings. The van der Waals surface area contributed by atoms with Gasteiger partial charge in [-0.05, 0) is 13.8 Å². The molecule has 2 N–H and O–H groups in total.